The summed E-state index contributed by atoms with van der Waals surface area (Å²) >= 11 is 0. The number of hydrogen-bond donors (Lipinski definition) is 16. The summed E-state index contributed by atoms with van der Waals surface area (Å²) in [4.78, 5) is 39.8. The van der Waals surface area contributed by atoms with Crippen molar-refractivity contribution in [2.24, 2.45) is 15.1 Å². The minimum Gasteiger partial charge on any atom is -0.514 e. The number of nitrogens with one attached hydrogen (secondary N) is 2. The van der Waals surface area contributed by atoms with Gasteiger partial charge in [0.15, 0.2) is 0 Å². The van der Waals surface area contributed by atoms with Crippen LogP contribution in [0.3, 0.4) is 0 Å². The van der Waals surface area contributed by atoms with Crippen molar-refractivity contribution in [1.29, 1.82) is 0 Å². The predicted molar refractivity (Wildman–Crippen MR) is 274 cm³/mol. The molecule has 0 bridgehead atoms. The van der Waals surface area contributed by atoms with E-state index in [1.807, 2.05) is 47.2 Å². The molecule has 0 amide bonds. The zero-order valence-corrected chi connectivity index (χ0v) is 42.4. The second kappa shape index (κ2) is 144. The summed E-state index contributed by atoms with van der Waals surface area (Å²) in [6.07, 6.45) is 19.6. The van der Waals surface area contributed by atoms with Crippen molar-refractivity contribution in [2.45, 2.75) is 6.42 Å². The van der Waals surface area contributed by atoms with Gasteiger partial charge in [0.1, 0.15) is 50.5 Å². The Balaban J connectivity index is -0.0000000458. The van der Waals surface area contributed by atoms with E-state index in [-0.39, 0.29) is 46.2 Å². The van der Waals surface area contributed by atoms with E-state index in [0.29, 0.717) is 38.4 Å². The van der Waals surface area contributed by atoms with Crippen molar-refractivity contribution in [2.75, 3.05) is 137 Å². The Bertz CT molecular complexity index is 1060. The number of hydrogen-bond acceptors (Lipinski definition) is 28. The number of aliphatic hydroxyl groups excluding tert-OH is 11. The minimum absolute atomic E-state index is 0.0104. The van der Waals surface area contributed by atoms with Crippen LogP contribution in [0.5, 0.6) is 0 Å². The number of aliphatic imine (C=N–C) groups is 2. The monoisotopic (exact) mass is 1030 g/mol. The van der Waals surface area contributed by atoms with E-state index in [2.05, 4.69) is 47.5 Å². The molecule has 0 spiro atoms. The minimum atomic E-state index is -0.361. The van der Waals surface area contributed by atoms with Crippen LogP contribution < -0.4 is 15.6 Å². The molecular formula is C41H90N9O20+. The molecule has 0 aliphatic rings. The molecule has 0 radical (unpaired) electrons. The Morgan fingerprint density at radius 2 is 1.07 bits per heavy atom. The van der Waals surface area contributed by atoms with E-state index in [0.717, 1.165) is 56.1 Å². The van der Waals surface area contributed by atoms with Gasteiger partial charge in [-0.3, -0.25) is 40.9 Å². The van der Waals surface area contributed by atoms with Crippen molar-refractivity contribution in [3.8, 4) is 0 Å². The predicted octanol–water partition coefficient (Wildman–Crippen LogP) is -1.82. The zero-order valence-electron chi connectivity index (χ0n) is 42.4. The van der Waals surface area contributed by atoms with Crippen LogP contribution in [0.4, 0.5) is 0 Å². The number of oxime groups is 1. The molecule has 29 nitrogen and oxygen atoms in total. The summed E-state index contributed by atoms with van der Waals surface area (Å²) in [6.45, 7) is 8.11. The third kappa shape index (κ3) is 378. The number of ether oxygens (including phenoxy) is 3. The van der Waals surface area contributed by atoms with Gasteiger partial charge >= 0.3 is 0 Å². The first-order chi connectivity index (χ1) is 33.5. The molecule has 0 aromatic carbocycles. The van der Waals surface area contributed by atoms with Crippen molar-refractivity contribution in [3.63, 3.8) is 0 Å². The first-order valence-electron chi connectivity index (χ1n) is 19.1. The first kappa shape index (κ1) is 97.1. The van der Waals surface area contributed by atoms with Gasteiger partial charge in [0.25, 0.3) is 12.9 Å². The second-order valence-electron chi connectivity index (χ2n) is 10.1. The lowest BCUT2D eigenvalue weighted by atomic mass is 10.5. The van der Waals surface area contributed by atoms with Crippen LogP contribution in [0.15, 0.2) is 89.7 Å². The Labute approximate surface area is 413 Å². The highest BCUT2D eigenvalue weighted by Gasteiger charge is 1.80. The fourth-order valence-corrected chi connectivity index (χ4v) is 1.17. The molecule has 418 valence electrons. The Hall–Kier alpha value is -6.73. The van der Waals surface area contributed by atoms with Gasteiger partial charge in [0, 0.05) is 99.1 Å². The van der Waals surface area contributed by atoms with Crippen molar-refractivity contribution in [3.05, 3.63) is 74.5 Å². The molecule has 0 unspecified atom stereocenters. The molecular weight excluding hydrogens is 938 g/mol. The number of aliphatic hydroxyl groups is 11. The maximum atomic E-state index is 9.33. The van der Waals surface area contributed by atoms with E-state index in [1.165, 1.54) is 45.4 Å². The highest BCUT2D eigenvalue weighted by molar-refractivity contribution is 5.64. The number of carbonyl (C=O) groups is 3. The number of aldehydes is 3. The van der Waals surface area contributed by atoms with Crippen LogP contribution in [-0.2, 0) is 28.6 Å². The fourth-order valence-electron chi connectivity index (χ4n) is 1.17. The molecule has 29 heteroatoms. The number of likely N-dealkylation sites (N-methyl/N-ethyl adjacent to an activating group) is 1. The quantitative estimate of drug-likeness (QED) is 0.0129. The molecule has 0 aromatic rings. The summed E-state index contributed by atoms with van der Waals surface area (Å²) in [7, 11) is 17.3. The smallest absolute Gasteiger partial charge is 0.293 e. The van der Waals surface area contributed by atoms with Crippen molar-refractivity contribution >= 4 is 50.9 Å². The third-order valence-corrected chi connectivity index (χ3v) is 3.61. The lowest BCUT2D eigenvalue weighted by Crippen LogP contribution is -2.15. The molecule has 0 saturated heterocycles. The van der Waals surface area contributed by atoms with E-state index in [1.54, 1.807) is 47.3 Å². The van der Waals surface area contributed by atoms with E-state index in [4.69, 9.17) is 76.6 Å². The third-order valence-electron chi connectivity index (χ3n) is 3.61. The van der Waals surface area contributed by atoms with Gasteiger partial charge in [-0.15, -0.1) is 9.82 Å². The molecule has 0 saturated carbocycles. The van der Waals surface area contributed by atoms with Gasteiger partial charge in [0.2, 0.25) is 0 Å². The highest BCUT2D eigenvalue weighted by atomic mass is 16.5. The zero-order chi connectivity index (χ0) is 57.6. The summed E-state index contributed by atoms with van der Waals surface area (Å²) < 4.78 is 16.2. The Kier molecular flexibility index (Phi) is 200. The fraction of sp³-hybridized carbons (Fsp3) is 0.512. The normalized spacial score (nSPS) is 8.80. The molecule has 0 aliphatic carbocycles. The topological polar surface area (TPSA) is 447 Å². The largest absolute Gasteiger partial charge is 0.514 e. The van der Waals surface area contributed by atoms with Crippen LogP contribution in [0.2, 0.25) is 0 Å². The van der Waals surface area contributed by atoms with E-state index in [9.17, 15) is 9.59 Å². The van der Waals surface area contributed by atoms with E-state index >= 15 is 0 Å². The van der Waals surface area contributed by atoms with Gasteiger partial charge in [-0.2, -0.15) is 0 Å². The number of methoxy groups -OCH3 is 3. The first-order valence-corrected chi connectivity index (χ1v) is 19.1. The number of rotatable bonds is 19. The summed E-state index contributed by atoms with van der Waals surface area (Å²) in [5.74, 6) is 0. The molecule has 70 heavy (non-hydrogen) atoms. The lowest BCUT2D eigenvalue weighted by molar-refractivity contribution is -0.110. The van der Waals surface area contributed by atoms with Gasteiger partial charge in [-0.25, -0.2) is 0 Å². The number of carbonyl (C=O) groups excluding carboxylic acids is 3. The van der Waals surface area contributed by atoms with Gasteiger partial charge in [-0.1, -0.05) is 0 Å². The van der Waals surface area contributed by atoms with Gasteiger partial charge in [-0.05, 0) is 33.0 Å². The SMILES string of the molecule is C=NCCO.C=[N+]=CCO.CN(C)/C=C\O.CN(C)C=CO.CN(C)CCO.CN=CCO.CO/C=C\O.COC=CO.COCCO.O=CC=CNO.O=CC=CNO.O=CCO.OCCC=NO. The average Bonchev–Trinajstić information content (AvgIpc) is 3.33. The van der Waals surface area contributed by atoms with Gasteiger partial charge < -0.3 is 95.1 Å². The van der Waals surface area contributed by atoms with Crippen molar-refractivity contribution in [1.82, 2.24) is 30.3 Å². The van der Waals surface area contributed by atoms with Crippen LogP contribution in [-0.4, -0.2) is 274 Å². The highest BCUT2D eigenvalue weighted by Crippen LogP contribution is 1.71. The maximum Gasteiger partial charge on any atom is 0.293 e. The second-order valence-corrected chi connectivity index (χ2v) is 10.1. The number of allylic oxidation sites excluding steroid dienone is 2. The number of nitrogens with zero attached hydrogens (tertiary/aromatic N) is 7. The van der Waals surface area contributed by atoms with Crippen LogP contribution in [0.1, 0.15) is 6.42 Å². The molecule has 0 fully saturated rings. The lowest BCUT2D eigenvalue weighted by Gasteiger charge is -2.03. The van der Waals surface area contributed by atoms with Crippen LogP contribution in [0.25, 0.3) is 0 Å². The molecule has 0 atom stereocenters. The van der Waals surface area contributed by atoms with E-state index < -0.39 is 0 Å². The summed E-state index contributed by atoms with van der Waals surface area (Å²) in [5.41, 5.74) is 3.31. The Morgan fingerprint density at radius 3 is 1.10 bits per heavy atom. The molecule has 0 rings (SSSR count). The van der Waals surface area contributed by atoms with Crippen LogP contribution in [0, 0.1) is 0 Å². The summed E-state index contributed by atoms with van der Waals surface area (Å²) in [6, 6.07) is 0. The maximum absolute atomic E-state index is 9.33. The molecule has 0 aliphatic heterocycles. The Morgan fingerprint density at radius 1 is 0.643 bits per heavy atom. The van der Waals surface area contributed by atoms with Gasteiger partial charge in [0.05, 0.1) is 72.9 Å². The summed E-state index contributed by atoms with van der Waals surface area (Å²) in [5, 5.41) is 113. The average molecular weight is 1030 g/mol. The van der Waals surface area contributed by atoms with Crippen molar-refractivity contribution < 1.29 is 100 Å². The molecule has 0 heterocycles. The standard InChI is InChI=1S/C4H11NO.2C4H9NO.C3H7NO2.2C3H5NO2.2C3H7NO.C3H6NO.C3H8O2.2C3H6O2.C2H4O2/c3*1-5(2)3-4-6;3*5-3-1-2-4-6;3*1-4-2-3-5;3*1-5-3-2-4;3-1-2-4/h6H,3-4H2,1-2H3;2*3-4,6H,1-2H3;2,5-6H,1,3H2;2*1-4,6H;2,5H,3H2,1H3;5H,1-3H2;2,5H,1,3H2;4H,2-3H2,1H3;2*2-4H,1H3;1,4H,2H2/q;;;;;;;;+1;;;;/b;4-3-;;;;;;;;;3-2-;;. The molecule has 0 aromatic heterocycles. The number of hydroxylamine groups is 2. The molecule has 16 N–H and O–H groups in total. The van der Waals surface area contributed by atoms with Crippen LogP contribution >= 0.6 is 0 Å².